The van der Waals surface area contributed by atoms with Crippen molar-refractivity contribution in [1.82, 2.24) is 0 Å². The quantitative estimate of drug-likeness (QED) is 0.650. The Morgan fingerprint density at radius 3 is 2.65 bits per heavy atom. The lowest BCUT2D eigenvalue weighted by Gasteiger charge is -2.11. The van der Waals surface area contributed by atoms with Gasteiger partial charge in [0.05, 0.1) is 19.4 Å². The van der Waals surface area contributed by atoms with Crippen molar-refractivity contribution in [2.75, 3.05) is 25.0 Å². The Bertz CT molecular complexity index is 474. The van der Waals surface area contributed by atoms with Crippen molar-refractivity contribution in [3.05, 3.63) is 18.2 Å². The summed E-state index contributed by atoms with van der Waals surface area (Å²) in [6.07, 6.45) is 0. The average molecular weight is 262 g/mol. The van der Waals surface area contributed by atoms with Gasteiger partial charge in [0.1, 0.15) is 6.61 Å². The van der Waals surface area contributed by atoms with Gasteiger partial charge in [-0.2, -0.15) is 8.42 Å². The molecule has 0 saturated heterocycles. The minimum atomic E-state index is -3.83. The van der Waals surface area contributed by atoms with E-state index in [-0.39, 0.29) is 18.9 Å². The number of benzene rings is 1. The molecule has 1 aromatic carbocycles. The number of nitrogens with one attached hydrogen (secondary N) is 1. The molecule has 0 aromatic heterocycles. The van der Waals surface area contributed by atoms with Crippen LogP contribution in [0.2, 0.25) is 0 Å². The van der Waals surface area contributed by atoms with E-state index in [0.29, 0.717) is 11.5 Å². The molecule has 0 aliphatic carbocycles. The molecule has 0 atom stereocenters. The molecular weight excluding hydrogens is 248 g/mol. The fourth-order valence-electron chi connectivity index (χ4n) is 1.17. The molecular formula is C9H14N2O5S. The van der Waals surface area contributed by atoms with Crippen LogP contribution < -0.4 is 19.3 Å². The lowest BCUT2D eigenvalue weighted by molar-refractivity contribution is 0.196. The monoisotopic (exact) mass is 262 g/mol. The van der Waals surface area contributed by atoms with Crippen molar-refractivity contribution in [2.24, 2.45) is 5.14 Å². The van der Waals surface area contributed by atoms with Crippen molar-refractivity contribution < 1.29 is 23.0 Å². The molecule has 0 bridgehead atoms. The Balaban J connectivity index is 2.95. The summed E-state index contributed by atoms with van der Waals surface area (Å²) in [6.45, 7) is -0.0782. The van der Waals surface area contributed by atoms with Crippen LogP contribution in [0.4, 0.5) is 5.69 Å². The first kappa shape index (κ1) is 13.6. The summed E-state index contributed by atoms with van der Waals surface area (Å²) in [5.74, 6) is 0.744. The second-order valence-corrected chi connectivity index (χ2v) is 4.38. The van der Waals surface area contributed by atoms with Crippen LogP contribution in [0.25, 0.3) is 0 Å². The third-order valence-electron chi connectivity index (χ3n) is 1.77. The average Bonchev–Trinajstić information content (AvgIpc) is 2.24. The van der Waals surface area contributed by atoms with Crippen LogP contribution in [-0.2, 0) is 10.2 Å². The first-order valence-electron chi connectivity index (χ1n) is 4.68. The van der Waals surface area contributed by atoms with E-state index >= 15 is 0 Å². The van der Waals surface area contributed by atoms with E-state index < -0.39 is 10.2 Å². The predicted octanol–water partition coefficient (Wildman–Crippen LogP) is -0.318. The highest BCUT2D eigenvalue weighted by Gasteiger charge is 2.08. The topological polar surface area (TPSA) is 111 Å². The molecule has 0 amide bonds. The highest BCUT2D eigenvalue weighted by molar-refractivity contribution is 7.90. The molecule has 0 spiro atoms. The summed E-state index contributed by atoms with van der Waals surface area (Å²) in [4.78, 5) is 0. The van der Waals surface area contributed by atoms with Crippen LogP contribution in [0.5, 0.6) is 11.5 Å². The summed E-state index contributed by atoms with van der Waals surface area (Å²) < 4.78 is 34.0. The molecule has 0 heterocycles. The third kappa shape index (κ3) is 4.47. The van der Waals surface area contributed by atoms with Crippen LogP contribution in [0.15, 0.2) is 18.2 Å². The maximum Gasteiger partial charge on any atom is 0.296 e. The van der Waals surface area contributed by atoms with E-state index in [1.807, 2.05) is 0 Å². The predicted molar refractivity (Wildman–Crippen MR) is 62.3 cm³/mol. The number of aliphatic hydroxyl groups excluding tert-OH is 1. The summed E-state index contributed by atoms with van der Waals surface area (Å²) in [6, 6.07) is 4.42. The van der Waals surface area contributed by atoms with Gasteiger partial charge in [0.25, 0.3) is 10.2 Å². The summed E-state index contributed by atoms with van der Waals surface area (Å²) in [7, 11) is -2.38. The van der Waals surface area contributed by atoms with Crippen LogP contribution >= 0.6 is 0 Å². The molecule has 0 radical (unpaired) electrons. The largest absolute Gasteiger partial charge is 0.493 e. The lowest BCUT2D eigenvalue weighted by Crippen LogP contribution is -2.21. The van der Waals surface area contributed by atoms with Crippen molar-refractivity contribution in [3.63, 3.8) is 0 Å². The van der Waals surface area contributed by atoms with E-state index in [2.05, 4.69) is 4.72 Å². The number of anilines is 1. The Morgan fingerprint density at radius 2 is 2.12 bits per heavy atom. The zero-order chi connectivity index (χ0) is 12.9. The van der Waals surface area contributed by atoms with Gasteiger partial charge in [0.2, 0.25) is 0 Å². The van der Waals surface area contributed by atoms with Crippen LogP contribution in [0, 0.1) is 0 Å². The molecule has 17 heavy (non-hydrogen) atoms. The van der Waals surface area contributed by atoms with E-state index in [1.54, 1.807) is 0 Å². The van der Waals surface area contributed by atoms with E-state index in [1.165, 1.54) is 25.3 Å². The van der Waals surface area contributed by atoms with Gasteiger partial charge in [-0.15, -0.1) is 0 Å². The molecule has 7 nitrogen and oxygen atoms in total. The Kier molecular flexibility index (Phi) is 4.55. The zero-order valence-corrected chi connectivity index (χ0v) is 10.0. The maximum absolute atomic E-state index is 10.8. The number of rotatable bonds is 6. The van der Waals surface area contributed by atoms with Gasteiger partial charge < -0.3 is 14.6 Å². The molecule has 96 valence electrons. The van der Waals surface area contributed by atoms with Crippen molar-refractivity contribution in [2.45, 2.75) is 0 Å². The molecule has 8 heteroatoms. The fourth-order valence-corrected chi connectivity index (χ4v) is 1.63. The van der Waals surface area contributed by atoms with Crippen molar-refractivity contribution in [3.8, 4) is 11.5 Å². The molecule has 4 N–H and O–H groups in total. The second kappa shape index (κ2) is 5.71. The minimum Gasteiger partial charge on any atom is -0.493 e. The first-order chi connectivity index (χ1) is 7.96. The van der Waals surface area contributed by atoms with Gasteiger partial charge in [-0.1, -0.05) is 0 Å². The van der Waals surface area contributed by atoms with Crippen molar-refractivity contribution in [1.29, 1.82) is 0 Å². The highest BCUT2D eigenvalue weighted by Crippen LogP contribution is 2.30. The number of ether oxygens (including phenoxy) is 2. The molecule has 0 aliphatic heterocycles. The maximum atomic E-state index is 10.8. The molecule has 0 fully saturated rings. The molecule has 0 saturated carbocycles. The fraction of sp³-hybridized carbons (Fsp3) is 0.333. The third-order valence-corrected chi connectivity index (χ3v) is 2.29. The van der Waals surface area contributed by atoms with Gasteiger partial charge in [-0.25, -0.2) is 5.14 Å². The molecule has 0 unspecified atom stereocenters. The van der Waals surface area contributed by atoms with Gasteiger partial charge in [0.15, 0.2) is 11.5 Å². The molecule has 1 aromatic rings. The highest BCUT2D eigenvalue weighted by atomic mass is 32.2. The lowest BCUT2D eigenvalue weighted by atomic mass is 10.3. The minimum absolute atomic E-state index is 0.0786. The Hall–Kier alpha value is -1.51. The van der Waals surface area contributed by atoms with E-state index in [0.717, 1.165) is 0 Å². The second-order valence-electron chi connectivity index (χ2n) is 3.08. The standard InChI is InChI=1S/C9H14N2O5S/c1-15-8-3-2-7(11-17(10,13)14)6-9(8)16-5-4-12/h2-3,6,11-12H,4-5H2,1H3,(H2,10,13,14). The molecule has 1 rings (SSSR count). The number of hydrogen-bond donors (Lipinski definition) is 3. The number of hydrogen-bond acceptors (Lipinski definition) is 5. The number of aliphatic hydroxyl groups is 1. The summed E-state index contributed by atoms with van der Waals surface area (Å²) in [5.41, 5.74) is 0.251. The van der Waals surface area contributed by atoms with Crippen LogP contribution in [0.3, 0.4) is 0 Å². The SMILES string of the molecule is COc1ccc(NS(N)(=O)=O)cc1OCCO. The summed E-state index contributed by atoms with van der Waals surface area (Å²) in [5, 5.41) is 13.5. The smallest absolute Gasteiger partial charge is 0.296 e. The zero-order valence-electron chi connectivity index (χ0n) is 9.21. The summed E-state index contributed by atoms with van der Waals surface area (Å²) >= 11 is 0. The van der Waals surface area contributed by atoms with Gasteiger partial charge >= 0.3 is 0 Å². The first-order valence-corrected chi connectivity index (χ1v) is 6.23. The molecule has 0 aliphatic rings. The van der Waals surface area contributed by atoms with Gasteiger partial charge in [-0.3, -0.25) is 4.72 Å². The number of nitrogens with two attached hydrogens (primary N) is 1. The normalized spacial score (nSPS) is 11.0. The van der Waals surface area contributed by atoms with Crippen LogP contribution in [0.1, 0.15) is 0 Å². The van der Waals surface area contributed by atoms with E-state index in [4.69, 9.17) is 19.7 Å². The van der Waals surface area contributed by atoms with Gasteiger partial charge in [0, 0.05) is 6.07 Å². The Labute approximate surface area is 99.3 Å². The number of methoxy groups -OCH3 is 1. The van der Waals surface area contributed by atoms with Gasteiger partial charge in [-0.05, 0) is 12.1 Å². The Morgan fingerprint density at radius 1 is 1.41 bits per heavy atom. The van der Waals surface area contributed by atoms with E-state index in [9.17, 15) is 8.42 Å². The van der Waals surface area contributed by atoms with Crippen molar-refractivity contribution >= 4 is 15.9 Å². The van der Waals surface area contributed by atoms with Crippen LogP contribution in [-0.4, -0.2) is 33.8 Å².